The summed E-state index contributed by atoms with van der Waals surface area (Å²) >= 11 is 0. The van der Waals surface area contributed by atoms with E-state index in [1.165, 1.54) is 13.0 Å². The van der Waals surface area contributed by atoms with Crippen molar-refractivity contribution in [2.45, 2.75) is 83.1 Å². The molecule has 0 heterocycles. The summed E-state index contributed by atoms with van der Waals surface area (Å²) < 4.78 is 0. The zero-order valence-corrected chi connectivity index (χ0v) is 23.3. The molecular formula is C27H47N7O5. The Morgan fingerprint density at radius 3 is 2.28 bits per heavy atom. The Bertz CT molecular complexity index is 958. The van der Waals surface area contributed by atoms with Gasteiger partial charge in [-0.15, -0.1) is 0 Å². The molecule has 0 spiro atoms. The molecule has 12 nitrogen and oxygen atoms in total. The standard InChI is InChI=1S/C27H47N7O5/c1-4-16(2)18-8-5-11-22(35)20(14-18)24(36)23(27(39)32-15-19(31)9-6-12-28)34-26(38)21(10-7-13-29)33-25(37)17(3)30/h4-5,11,14,17,19,21,23-24,35-36H,6-10,12-13,15,28-31H2,1-3H3,(H,32,39)(H,33,37)(H,34,38)/b16-4+/t17?,19?,21-,23?,24?/m0/s1. The van der Waals surface area contributed by atoms with E-state index in [0.717, 1.165) is 11.1 Å². The maximum Gasteiger partial charge on any atom is 0.245 e. The maximum atomic E-state index is 13.3. The number of carbonyl (C=O) groups is 3. The van der Waals surface area contributed by atoms with E-state index in [1.807, 2.05) is 19.9 Å². The Labute approximate surface area is 231 Å². The van der Waals surface area contributed by atoms with Crippen molar-refractivity contribution in [3.05, 3.63) is 46.8 Å². The molecule has 5 atom stereocenters. The normalized spacial score (nSPS) is 17.8. The van der Waals surface area contributed by atoms with Crippen LogP contribution in [-0.2, 0) is 14.4 Å². The Kier molecular flexibility index (Phi) is 15.3. The van der Waals surface area contributed by atoms with Crippen LogP contribution in [0, 0.1) is 0 Å². The van der Waals surface area contributed by atoms with Crippen LogP contribution in [0.25, 0.3) is 0 Å². The van der Waals surface area contributed by atoms with Crippen molar-refractivity contribution < 1.29 is 24.6 Å². The van der Waals surface area contributed by atoms with Crippen LogP contribution in [-0.4, -0.2) is 77.8 Å². The van der Waals surface area contributed by atoms with E-state index in [9.17, 15) is 24.6 Å². The molecule has 1 aliphatic rings. The number of aliphatic hydroxyl groups is 2. The first-order chi connectivity index (χ1) is 18.5. The second kappa shape index (κ2) is 17.5. The zero-order valence-electron chi connectivity index (χ0n) is 23.3. The van der Waals surface area contributed by atoms with E-state index < -0.39 is 42.0 Å². The largest absolute Gasteiger partial charge is 0.508 e. The molecule has 39 heavy (non-hydrogen) atoms. The van der Waals surface area contributed by atoms with Gasteiger partial charge in [-0.2, -0.15) is 0 Å². The van der Waals surface area contributed by atoms with Crippen LogP contribution in [0.5, 0.6) is 0 Å². The highest BCUT2D eigenvalue weighted by molar-refractivity contribution is 5.93. The molecule has 0 aromatic carbocycles. The fourth-order valence-electron chi connectivity index (χ4n) is 3.85. The predicted molar refractivity (Wildman–Crippen MR) is 152 cm³/mol. The van der Waals surface area contributed by atoms with Crippen molar-refractivity contribution in [3.8, 4) is 0 Å². The van der Waals surface area contributed by atoms with Gasteiger partial charge in [0.15, 0.2) is 0 Å². The quantitative estimate of drug-likeness (QED) is 0.118. The van der Waals surface area contributed by atoms with Gasteiger partial charge in [0, 0.05) is 18.2 Å². The van der Waals surface area contributed by atoms with Gasteiger partial charge in [-0.1, -0.05) is 17.7 Å². The van der Waals surface area contributed by atoms with Gasteiger partial charge < -0.3 is 49.1 Å². The molecule has 0 fully saturated rings. The van der Waals surface area contributed by atoms with Crippen LogP contribution in [0.4, 0.5) is 0 Å². The first-order valence-corrected chi connectivity index (χ1v) is 13.4. The number of hydrogen-bond acceptors (Lipinski definition) is 9. The highest BCUT2D eigenvalue weighted by Gasteiger charge is 2.35. The lowest BCUT2D eigenvalue weighted by molar-refractivity contribution is -0.134. The van der Waals surface area contributed by atoms with Gasteiger partial charge in [0.05, 0.1) is 6.04 Å². The average molecular weight is 550 g/mol. The molecule has 13 N–H and O–H groups in total. The SMILES string of the molecule is C/C=C(\C)C1=CC(C(O)C(NC(=O)[C@H](CCCN)NC(=O)C(C)N)C(=O)NCC(N)CCCN)=C(O)C=CC1. The summed E-state index contributed by atoms with van der Waals surface area (Å²) in [7, 11) is 0. The second-order valence-electron chi connectivity index (χ2n) is 9.74. The molecule has 220 valence electrons. The number of amides is 3. The van der Waals surface area contributed by atoms with Crippen molar-refractivity contribution in [1.29, 1.82) is 0 Å². The van der Waals surface area contributed by atoms with Gasteiger partial charge in [0.1, 0.15) is 23.9 Å². The van der Waals surface area contributed by atoms with Gasteiger partial charge in [-0.05, 0) is 83.7 Å². The van der Waals surface area contributed by atoms with Crippen molar-refractivity contribution in [2.24, 2.45) is 22.9 Å². The van der Waals surface area contributed by atoms with Crippen LogP contribution in [0.2, 0.25) is 0 Å². The second-order valence-corrected chi connectivity index (χ2v) is 9.74. The van der Waals surface area contributed by atoms with Crippen LogP contribution in [0.1, 0.15) is 52.9 Å². The van der Waals surface area contributed by atoms with Crippen molar-refractivity contribution in [3.63, 3.8) is 0 Å². The summed E-state index contributed by atoms with van der Waals surface area (Å²) in [5, 5.41) is 29.9. The molecular weight excluding hydrogens is 502 g/mol. The van der Waals surface area contributed by atoms with E-state index in [1.54, 1.807) is 12.2 Å². The highest BCUT2D eigenvalue weighted by atomic mass is 16.3. The van der Waals surface area contributed by atoms with Gasteiger partial charge in [0.2, 0.25) is 17.7 Å². The summed E-state index contributed by atoms with van der Waals surface area (Å²) in [6.45, 7) is 6.05. The fourth-order valence-corrected chi connectivity index (χ4v) is 3.85. The number of nitrogens with one attached hydrogen (secondary N) is 3. The van der Waals surface area contributed by atoms with E-state index in [4.69, 9.17) is 22.9 Å². The summed E-state index contributed by atoms with van der Waals surface area (Å²) in [4.78, 5) is 38.9. The molecule has 0 aliphatic heterocycles. The number of nitrogens with two attached hydrogens (primary N) is 4. The summed E-state index contributed by atoms with van der Waals surface area (Å²) in [6.07, 6.45) is 7.41. The number of carbonyl (C=O) groups excluding carboxylic acids is 3. The van der Waals surface area contributed by atoms with Gasteiger partial charge in [0.25, 0.3) is 0 Å². The third-order valence-corrected chi connectivity index (χ3v) is 6.45. The van der Waals surface area contributed by atoms with Crippen molar-refractivity contribution in [2.75, 3.05) is 19.6 Å². The van der Waals surface area contributed by atoms with Gasteiger partial charge in [-0.25, -0.2) is 0 Å². The van der Waals surface area contributed by atoms with E-state index in [-0.39, 0.29) is 36.9 Å². The molecule has 1 rings (SSSR count). The Hall–Kier alpha value is -3.03. The maximum absolute atomic E-state index is 13.3. The molecule has 1 aliphatic carbocycles. The topological polar surface area (TPSA) is 232 Å². The van der Waals surface area contributed by atoms with Gasteiger partial charge >= 0.3 is 0 Å². The minimum atomic E-state index is -1.63. The molecule has 0 bridgehead atoms. The summed E-state index contributed by atoms with van der Waals surface area (Å²) in [6, 6.07) is -3.81. The van der Waals surface area contributed by atoms with Gasteiger partial charge in [-0.3, -0.25) is 14.4 Å². The van der Waals surface area contributed by atoms with Crippen LogP contribution >= 0.6 is 0 Å². The smallest absolute Gasteiger partial charge is 0.245 e. The zero-order chi connectivity index (χ0) is 29.5. The first-order valence-electron chi connectivity index (χ1n) is 13.4. The van der Waals surface area contributed by atoms with Crippen molar-refractivity contribution in [1.82, 2.24) is 16.0 Å². The van der Waals surface area contributed by atoms with E-state index in [2.05, 4.69) is 16.0 Å². The summed E-state index contributed by atoms with van der Waals surface area (Å²) in [5.74, 6) is -2.20. The van der Waals surface area contributed by atoms with Crippen LogP contribution in [0.15, 0.2) is 46.8 Å². The molecule has 0 saturated carbocycles. The number of rotatable bonds is 16. The van der Waals surface area contributed by atoms with E-state index >= 15 is 0 Å². The number of allylic oxidation sites excluding steroid dienone is 5. The van der Waals surface area contributed by atoms with Crippen molar-refractivity contribution >= 4 is 17.7 Å². The third-order valence-electron chi connectivity index (χ3n) is 6.45. The Morgan fingerprint density at radius 2 is 1.69 bits per heavy atom. The van der Waals surface area contributed by atoms with E-state index in [0.29, 0.717) is 32.2 Å². The molecule has 4 unspecified atom stereocenters. The molecule has 3 amide bonds. The highest BCUT2D eigenvalue weighted by Crippen LogP contribution is 2.25. The molecule has 0 radical (unpaired) electrons. The minimum absolute atomic E-state index is 0.0611. The third kappa shape index (κ3) is 11.3. The minimum Gasteiger partial charge on any atom is -0.508 e. The predicted octanol–water partition coefficient (Wildman–Crippen LogP) is -0.750. The molecule has 0 aromatic heterocycles. The monoisotopic (exact) mass is 549 g/mol. The number of aliphatic hydroxyl groups excluding tert-OH is 2. The van der Waals surface area contributed by atoms with Crippen LogP contribution in [0.3, 0.4) is 0 Å². The Morgan fingerprint density at radius 1 is 1.05 bits per heavy atom. The van der Waals surface area contributed by atoms with Crippen LogP contribution < -0.4 is 38.9 Å². The summed E-state index contributed by atoms with van der Waals surface area (Å²) in [5.41, 5.74) is 24.6. The average Bonchev–Trinajstić information content (AvgIpc) is 3.11. The number of hydrogen-bond donors (Lipinski definition) is 9. The molecule has 12 heteroatoms. The lowest BCUT2D eigenvalue weighted by atomic mass is 9.95. The first kappa shape index (κ1) is 34.0. The molecule has 0 saturated heterocycles. The lowest BCUT2D eigenvalue weighted by Gasteiger charge is -2.28. The molecule has 0 aromatic rings. The lowest BCUT2D eigenvalue weighted by Crippen LogP contribution is -2.59. The Balaban J connectivity index is 3.35. The fraction of sp³-hybridized carbons (Fsp3) is 0.593.